The molecule has 1 atom stereocenters. The van der Waals surface area contributed by atoms with Crippen molar-refractivity contribution in [1.29, 1.82) is 0 Å². The summed E-state index contributed by atoms with van der Waals surface area (Å²) in [4.78, 5) is 4.69. The van der Waals surface area contributed by atoms with Gasteiger partial charge in [-0.2, -0.15) is 5.90 Å². The van der Waals surface area contributed by atoms with Crippen molar-refractivity contribution < 1.29 is 9.94 Å². The molecule has 0 amide bonds. The molecule has 0 saturated carbocycles. The van der Waals surface area contributed by atoms with Gasteiger partial charge >= 0.3 is 0 Å². The van der Waals surface area contributed by atoms with Gasteiger partial charge in [-0.15, -0.1) is 0 Å². The average molecular weight is 173 g/mol. The fourth-order valence-electron chi connectivity index (χ4n) is 0.759. The van der Waals surface area contributed by atoms with E-state index in [1.165, 1.54) is 0 Å². The number of aliphatic hydroxyl groups excluding tert-OH is 1. The SMILES string of the molecule is CCC(O)/C=C(\ON)C(C)(C)C. The molecule has 3 N–H and O–H groups in total. The van der Waals surface area contributed by atoms with E-state index in [4.69, 9.17) is 5.90 Å². The summed E-state index contributed by atoms with van der Waals surface area (Å²) < 4.78 is 0. The maximum absolute atomic E-state index is 9.31. The molecule has 0 aromatic carbocycles. The first kappa shape index (κ1) is 11.5. The molecule has 0 heterocycles. The van der Waals surface area contributed by atoms with Gasteiger partial charge in [-0.05, 0) is 12.5 Å². The molecule has 12 heavy (non-hydrogen) atoms. The maximum Gasteiger partial charge on any atom is 0.127 e. The van der Waals surface area contributed by atoms with Crippen LogP contribution in [0.1, 0.15) is 34.1 Å². The molecule has 0 aliphatic carbocycles. The van der Waals surface area contributed by atoms with Crippen LogP contribution in [0.4, 0.5) is 0 Å². The first-order valence-corrected chi connectivity index (χ1v) is 4.19. The van der Waals surface area contributed by atoms with Crippen molar-refractivity contribution in [2.24, 2.45) is 11.3 Å². The molecule has 0 spiro atoms. The van der Waals surface area contributed by atoms with Crippen molar-refractivity contribution in [2.75, 3.05) is 0 Å². The van der Waals surface area contributed by atoms with E-state index >= 15 is 0 Å². The highest BCUT2D eigenvalue weighted by Crippen LogP contribution is 2.25. The lowest BCUT2D eigenvalue weighted by Gasteiger charge is -2.21. The van der Waals surface area contributed by atoms with Crippen LogP contribution in [-0.2, 0) is 4.84 Å². The Morgan fingerprint density at radius 1 is 1.58 bits per heavy atom. The van der Waals surface area contributed by atoms with E-state index in [0.29, 0.717) is 12.2 Å². The molecule has 72 valence electrons. The number of rotatable bonds is 3. The summed E-state index contributed by atoms with van der Waals surface area (Å²) in [6.07, 6.45) is 1.85. The Morgan fingerprint density at radius 2 is 2.08 bits per heavy atom. The van der Waals surface area contributed by atoms with E-state index in [1.54, 1.807) is 6.08 Å². The van der Waals surface area contributed by atoms with Crippen LogP contribution in [-0.4, -0.2) is 11.2 Å². The standard InChI is InChI=1S/C9H19NO2/c1-5-7(11)6-8(12-10)9(2,3)4/h6-7,11H,5,10H2,1-4H3/b8-6-. The maximum atomic E-state index is 9.31. The fourth-order valence-corrected chi connectivity index (χ4v) is 0.759. The Hall–Kier alpha value is -0.540. The first-order chi connectivity index (χ1) is 5.41. The second-order valence-electron chi connectivity index (χ2n) is 3.87. The molecule has 0 radical (unpaired) electrons. The van der Waals surface area contributed by atoms with Crippen LogP contribution in [0.3, 0.4) is 0 Å². The van der Waals surface area contributed by atoms with Gasteiger partial charge in [0.15, 0.2) is 0 Å². The van der Waals surface area contributed by atoms with Crippen LogP contribution in [0.2, 0.25) is 0 Å². The van der Waals surface area contributed by atoms with Crippen LogP contribution >= 0.6 is 0 Å². The molecule has 0 aliphatic heterocycles. The predicted octanol–water partition coefficient (Wildman–Crippen LogP) is 1.58. The van der Waals surface area contributed by atoms with Crippen LogP contribution in [0, 0.1) is 5.41 Å². The van der Waals surface area contributed by atoms with Crippen molar-refractivity contribution in [1.82, 2.24) is 0 Å². The summed E-state index contributed by atoms with van der Waals surface area (Å²) in [5.74, 6) is 5.70. The van der Waals surface area contributed by atoms with Crippen molar-refractivity contribution in [3.05, 3.63) is 11.8 Å². The molecular weight excluding hydrogens is 154 g/mol. The topological polar surface area (TPSA) is 55.5 Å². The summed E-state index contributed by atoms with van der Waals surface area (Å²) in [7, 11) is 0. The van der Waals surface area contributed by atoms with Gasteiger partial charge in [-0.1, -0.05) is 27.7 Å². The highest BCUT2D eigenvalue weighted by Gasteiger charge is 2.19. The van der Waals surface area contributed by atoms with Crippen molar-refractivity contribution in [3.63, 3.8) is 0 Å². The van der Waals surface area contributed by atoms with Crippen molar-refractivity contribution in [3.8, 4) is 0 Å². The van der Waals surface area contributed by atoms with Crippen molar-refractivity contribution in [2.45, 2.75) is 40.2 Å². The minimum absolute atomic E-state index is 0.148. The molecular formula is C9H19NO2. The molecule has 0 bridgehead atoms. The van der Waals surface area contributed by atoms with E-state index in [9.17, 15) is 5.11 Å². The zero-order valence-corrected chi connectivity index (χ0v) is 8.29. The van der Waals surface area contributed by atoms with E-state index in [1.807, 2.05) is 27.7 Å². The van der Waals surface area contributed by atoms with Gasteiger partial charge in [0.05, 0.1) is 6.10 Å². The van der Waals surface area contributed by atoms with Gasteiger partial charge in [-0.25, -0.2) is 0 Å². The highest BCUT2D eigenvalue weighted by atomic mass is 16.6. The Balaban J connectivity index is 4.44. The molecule has 1 unspecified atom stereocenters. The Morgan fingerprint density at radius 3 is 2.33 bits per heavy atom. The first-order valence-electron chi connectivity index (χ1n) is 4.19. The van der Waals surface area contributed by atoms with E-state index < -0.39 is 6.10 Å². The summed E-state index contributed by atoms with van der Waals surface area (Å²) in [6, 6.07) is 0. The molecule has 0 saturated heterocycles. The predicted molar refractivity (Wildman–Crippen MR) is 49.1 cm³/mol. The molecule has 0 rings (SSSR count). The number of hydrogen-bond donors (Lipinski definition) is 2. The number of hydrogen-bond acceptors (Lipinski definition) is 3. The summed E-state index contributed by atoms with van der Waals surface area (Å²) >= 11 is 0. The second-order valence-corrected chi connectivity index (χ2v) is 3.87. The highest BCUT2D eigenvalue weighted by molar-refractivity contribution is 5.05. The molecule has 0 aromatic heterocycles. The van der Waals surface area contributed by atoms with Gasteiger partial charge in [0, 0.05) is 5.41 Å². The zero-order chi connectivity index (χ0) is 9.78. The molecule has 3 heteroatoms. The van der Waals surface area contributed by atoms with Gasteiger partial charge in [-0.3, -0.25) is 0 Å². The zero-order valence-electron chi connectivity index (χ0n) is 8.29. The minimum Gasteiger partial charge on any atom is -0.416 e. The van der Waals surface area contributed by atoms with Crippen LogP contribution in [0.5, 0.6) is 0 Å². The van der Waals surface area contributed by atoms with Gasteiger partial charge in [0.2, 0.25) is 0 Å². The third-order valence-electron chi connectivity index (χ3n) is 1.63. The minimum atomic E-state index is -0.470. The third-order valence-corrected chi connectivity index (χ3v) is 1.63. The summed E-state index contributed by atoms with van der Waals surface area (Å²) in [6.45, 7) is 7.84. The second kappa shape index (κ2) is 4.48. The van der Waals surface area contributed by atoms with Crippen LogP contribution < -0.4 is 5.90 Å². The van der Waals surface area contributed by atoms with E-state index in [-0.39, 0.29) is 5.41 Å². The lowest BCUT2D eigenvalue weighted by Crippen LogP contribution is -2.18. The van der Waals surface area contributed by atoms with Crippen LogP contribution in [0.25, 0.3) is 0 Å². The quantitative estimate of drug-likeness (QED) is 0.503. The molecule has 0 fully saturated rings. The van der Waals surface area contributed by atoms with Gasteiger partial charge in [0.1, 0.15) is 5.76 Å². The van der Waals surface area contributed by atoms with Gasteiger partial charge < -0.3 is 9.94 Å². The average Bonchev–Trinajstić information content (AvgIpc) is 1.97. The number of aliphatic hydroxyl groups is 1. The summed E-state index contributed by atoms with van der Waals surface area (Å²) in [5.41, 5.74) is -0.148. The lowest BCUT2D eigenvalue weighted by atomic mass is 9.92. The molecule has 0 aliphatic rings. The monoisotopic (exact) mass is 173 g/mol. The Labute approximate surface area is 74.2 Å². The lowest BCUT2D eigenvalue weighted by molar-refractivity contribution is 0.141. The number of allylic oxidation sites excluding steroid dienone is 1. The molecule has 0 aromatic rings. The smallest absolute Gasteiger partial charge is 0.127 e. The molecule has 3 nitrogen and oxygen atoms in total. The van der Waals surface area contributed by atoms with E-state index in [2.05, 4.69) is 4.84 Å². The fraction of sp³-hybridized carbons (Fsp3) is 0.778. The third kappa shape index (κ3) is 3.74. The number of nitrogens with two attached hydrogens (primary N) is 1. The van der Waals surface area contributed by atoms with Crippen molar-refractivity contribution >= 4 is 0 Å². The Bertz CT molecular complexity index is 158. The largest absolute Gasteiger partial charge is 0.416 e. The van der Waals surface area contributed by atoms with E-state index in [0.717, 1.165) is 0 Å². The van der Waals surface area contributed by atoms with Gasteiger partial charge in [0.25, 0.3) is 0 Å². The van der Waals surface area contributed by atoms with Crippen LogP contribution in [0.15, 0.2) is 11.8 Å². The Kier molecular flexibility index (Phi) is 4.28. The normalized spacial score (nSPS) is 16.0. The summed E-state index contributed by atoms with van der Waals surface area (Å²) in [5, 5.41) is 9.31.